The summed E-state index contributed by atoms with van der Waals surface area (Å²) in [6.07, 6.45) is 0. The van der Waals surface area contributed by atoms with E-state index >= 15 is 0 Å². The molecule has 9 heteroatoms. The van der Waals surface area contributed by atoms with Gasteiger partial charge in [0.1, 0.15) is 22.3 Å². The molecule has 3 amide bonds. The van der Waals surface area contributed by atoms with E-state index in [1.807, 2.05) is 0 Å². The minimum Gasteiger partial charge on any atom is -0.399 e. The summed E-state index contributed by atoms with van der Waals surface area (Å²) in [4.78, 5) is 20.6. The van der Waals surface area contributed by atoms with Crippen molar-refractivity contribution in [3.8, 4) is 0 Å². The molecule has 5 N–H and O–H groups in total. The fraction of sp³-hybridized carbons (Fsp3) is 0.111. The van der Waals surface area contributed by atoms with Gasteiger partial charge in [-0.15, -0.1) is 0 Å². The normalized spacial score (nSPS) is 11.9. The second-order valence-electron chi connectivity index (χ2n) is 3.22. The highest BCUT2D eigenvalue weighted by molar-refractivity contribution is 7.85. The van der Waals surface area contributed by atoms with E-state index in [9.17, 15) is 22.6 Å². The number of halogens is 2. The molecule has 0 radical (unpaired) electrons. The summed E-state index contributed by atoms with van der Waals surface area (Å²) >= 11 is 0. The highest BCUT2D eigenvalue weighted by Crippen LogP contribution is 2.20. The van der Waals surface area contributed by atoms with Gasteiger partial charge in [-0.3, -0.25) is 14.3 Å². The SMILES string of the molecule is NC(=O)NC(=O)CS(=O)c1c(F)cc(N)cc1F. The van der Waals surface area contributed by atoms with Crippen molar-refractivity contribution in [1.29, 1.82) is 0 Å². The van der Waals surface area contributed by atoms with E-state index in [0.717, 1.165) is 12.1 Å². The van der Waals surface area contributed by atoms with Crippen LogP contribution in [-0.2, 0) is 15.6 Å². The Hall–Kier alpha value is -2.03. The highest BCUT2D eigenvalue weighted by atomic mass is 32.2. The smallest absolute Gasteiger partial charge is 0.318 e. The van der Waals surface area contributed by atoms with Crippen molar-refractivity contribution in [2.24, 2.45) is 5.73 Å². The quantitative estimate of drug-likeness (QED) is 0.666. The number of nitrogen functional groups attached to an aromatic ring is 1. The van der Waals surface area contributed by atoms with Crippen molar-refractivity contribution >= 4 is 28.4 Å². The minimum absolute atomic E-state index is 0.174. The fourth-order valence-corrected chi connectivity index (χ4v) is 2.17. The molecule has 0 bridgehead atoms. The molecule has 1 aromatic rings. The summed E-state index contributed by atoms with van der Waals surface area (Å²) in [7, 11) is -2.29. The van der Waals surface area contributed by atoms with Gasteiger partial charge in [-0.2, -0.15) is 0 Å². The first-order chi connectivity index (χ1) is 8.31. The lowest BCUT2D eigenvalue weighted by Crippen LogP contribution is -2.37. The van der Waals surface area contributed by atoms with Crippen LogP contribution in [0.3, 0.4) is 0 Å². The van der Waals surface area contributed by atoms with E-state index in [0.29, 0.717) is 0 Å². The number of primary amides is 1. The Morgan fingerprint density at radius 2 is 1.78 bits per heavy atom. The highest BCUT2D eigenvalue weighted by Gasteiger charge is 2.20. The Morgan fingerprint density at radius 1 is 1.28 bits per heavy atom. The maximum atomic E-state index is 13.3. The third-order valence-electron chi connectivity index (χ3n) is 1.77. The lowest BCUT2D eigenvalue weighted by atomic mass is 10.3. The Kier molecular flexibility index (Phi) is 4.32. The summed E-state index contributed by atoms with van der Waals surface area (Å²) < 4.78 is 38.2. The number of carbonyl (C=O) groups excluding carboxylic acids is 2. The number of hydrogen-bond acceptors (Lipinski definition) is 4. The summed E-state index contributed by atoms with van der Waals surface area (Å²) in [6.45, 7) is 0. The number of rotatable bonds is 3. The molecular formula is C9H9F2N3O3S. The van der Waals surface area contributed by atoms with Gasteiger partial charge in [-0.05, 0) is 12.1 Å². The zero-order chi connectivity index (χ0) is 13.9. The van der Waals surface area contributed by atoms with Crippen LogP contribution in [0.25, 0.3) is 0 Å². The number of anilines is 1. The molecular weight excluding hydrogens is 268 g/mol. The van der Waals surface area contributed by atoms with E-state index in [1.54, 1.807) is 5.32 Å². The average molecular weight is 277 g/mol. The molecule has 1 unspecified atom stereocenters. The predicted octanol–water partition coefficient (Wildman–Crippen LogP) is -0.151. The second kappa shape index (κ2) is 5.54. The first kappa shape index (κ1) is 14.0. The number of carbonyl (C=O) groups is 2. The summed E-state index contributed by atoms with van der Waals surface area (Å²) in [5, 5.41) is 1.63. The monoisotopic (exact) mass is 277 g/mol. The molecule has 98 valence electrons. The number of nitrogens with one attached hydrogen (secondary N) is 1. The number of amides is 3. The lowest BCUT2D eigenvalue weighted by Gasteiger charge is -2.06. The fourth-order valence-electron chi connectivity index (χ4n) is 1.16. The van der Waals surface area contributed by atoms with Crippen molar-refractivity contribution in [3.63, 3.8) is 0 Å². The van der Waals surface area contributed by atoms with E-state index in [4.69, 9.17) is 5.73 Å². The van der Waals surface area contributed by atoms with Crippen LogP contribution in [0.2, 0.25) is 0 Å². The van der Waals surface area contributed by atoms with Crippen LogP contribution in [0.4, 0.5) is 19.3 Å². The zero-order valence-electron chi connectivity index (χ0n) is 8.91. The van der Waals surface area contributed by atoms with Gasteiger partial charge in [0, 0.05) is 5.69 Å². The molecule has 0 saturated heterocycles. The van der Waals surface area contributed by atoms with Crippen molar-refractivity contribution in [3.05, 3.63) is 23.8 Å². The Bertz CT molecular complexity index is 513. The first-order valence-corrected chi connectivity index (χ1v) is 5.85. The largest absolute Gasteiger partial charge is 0.399 e. The molecule has 0 aliphatic rings. The van der Waals surface area contributed by atoms with E-state index < -0.39 is 45.0 Å². The Morgan fingerprint density at radius 3 is 2.22 bits per heavy atom. The maximum Gasteiger partial charge on any atom is 0.318 e. The molecule has 0 aromatic heterocycles. The van der Waals surface area contributed by atoms with Crippen molar-refractivity contribution in [2.75, 3.05) is 11.5 Å². The van der Waals surface area contributed by atoms with Crippen molar-refractivity contribution in [1.82, 2.24) is 5.32 Å². The number of nitrogens with two attached hydrogens (primary N) is 2. The molecule has 1 atom stereocenters. The van der Waals surface area contributed by atoms with Gasteiger partial charge in [-0.25, -0.2) is 13.6 Å². The maximum absolute atomic E-state index is 13.3. The van der Waals surface area contributed by atoms with Crippen LogP contribution in [0, 0.1) is 11.6 Å². The molecule has 0 aliphatic heterocycles. The number of benzene rings is 1. The number of urea groups is 1. The van der Waals surface area contributed by atoms with Crippen molar-refractivity contribution in [2.45, 2.75) is 4.90 Å². The third-order valence-corrected chi connectivity index (χ3v) is 3.14. The van der Waals surface area contributed by atoms with Gasteiger partial charge >= 0.3 is 6.03 Å². The number of imide groups is 1. The molecule has 0 heterocycles. The van der Waals surface area contributed by atoms with E-state index in [-0.39, 0.29) is 5.69 Å². The summed E-state index contributed by atoms with van der Waals surface area (Å²) in [5.41, 5.74) is 9.66. The van der Waals surface area contributed by atoms with Crippen LogP contribution in [0.15, 0.2) is 17.0 Å². The minimum atomic E-state index is -2.29. The van der Waals surface area contributed by atoms with Crippen LogP contribution < -0.4 is 16.8 Å². The van der Waals surface area contributed by atoms with E-state index in [1.165, 1.54) is 0 Å². The van der Waals surface area contributed by atoms with Gasteiger partial charge in [0.15, 0.2) is 0 Å². The van der Waals surface area contributed by atoms with Gasteiger partial charge in [0.25, 0.3) is 0 Å². The van der Waals surface area contributed by atoms with Gasteiger partial charge in [-0.1, -0.05) is 0 Å². The molecule has 0 fully saturated rings. The molecule has 0 aliphatic carbocycles. The van der Waals surface area contributed by atoms with Crippen molar-refractivity contribution < 1.29 is 22.6 Å². The van der Waals surface area contributed by atoms with Crippen LogP contribution in [-0.4, -0.2) is 21.9 Å². The van der Waals surface area contributed by atoms with Crippen LogP contribution >= 0.6 is 0 Å². The lowest BCUT2D eigenvalue weighted by molar-refractivity contribution is -0.117. The standard InChI is InChI=1S/C9H9F2N3O3S/c10-5-1-4(12)2-6(11)8(5)18(17)3-7(15)14-9(13)16/h1-2H,3,12H2,(H3,13,14,15,16). The molecule has 6 nitrogen and oxygen atoms in total. The average Bonchev–Trinajstić information content (AvgIpc) is 2.12. The van der Waals surface area contributed by atoms with Gasteiger partial charge < -0.3 is 11.5 Å². The molecule has 0 saturated carbocycles. The first-order valence-electron chi connectivity index (χ1n) is 4.53. The second-order valence-corrected chi connectivity index (χ2v) is 4.60. The molecule has 1 rings (SSSR count). The topological polar surface area (TPSA) is 115 Å². The van der Waals surface area contributed by atoms with Gasteiger partial charge in [0.2, 0.25) is 5.91 Å². The Labute approximate surface area is 103 Å². The Balaban J connectivity index is 2.92. The predicted molar refractivity (Wildman–Crippen MR) is 59.8 cm³/mol. The summed E-state index contributed by atoms with van der Waals surface area (Å²) in [6, 6.07) is 0.417. The van der Waals surface area contributed by atoms with Crippen LogP contribution in [0.1, 0.15) is 0 Å². The molecule has 18 heavy (non-hydrogen) atoms. The van der Waals surface area contributed by atoms with E-state index in [2.05, 4.69) is 5.73 Å². The van der Waals surface area contributed by atoms with Crippen LogP contribution in [0.5, 0.6) is 0 Å². The number of hydrogen-bond donors (Lipinski definition) is 3. The molecule has 1 aromatic carbocycles. The summed E-state index contributed by atoms with van der Waals surface area (Å²) in [5.74, 6) is -4.05. The van der Waals surface area contributed by atoms with Gasteiger partial charge in [0.05, 0.1) is 10.8 Å². The third kappa shape index (κ3) is 3.48. The zero-order valence-corrected chi connectivity index (χ0v) is 9.72. The molecule has 0 spiro atoms.